The zero-order chi connectivity index (χ0) is 13.1. The molecule has 1 N–H and O–H groups in total. The highest BCUT2D eigenvalue weighted by molar-refractivity contribution is 5.69. The second kappa shape index (κ2) is 5.69. The summed E-state index contributed by atoms with van der Waals surface area (Å²) in [5.74, 6) is 0.504. The molecule has 0 bridgehead atoms. The first kappa shape index (κ1) is 14.3. The first-order chi connectivity index (χ1) is 7.78. The van der Waals surface area contributed by atoms with E-state index < -0.39 is 5.60 Å². The van der Waals surface area contributed by atoms with Crippen LogP contribution in [-0.4, -0.2) is 42.3 Å². The number of nitrogens with one attached hydrogen (secondary N) is 1. The summed E-state index contributed by atoms with van der Waals surface area (Å²) in [5, 5.41) is 0. The Hall–Kier alpha value is -0.810. The third kappa shape index (κ3) is 5.37. The SMILES string of the molecule is CC(C)CONC1CN(C(=O)OC(C)(C)C)C1. The maximum atomic E-state index is 11.6. The fourth-order valence-electron chi connectivity index (χ4n) is 1.36. The van der Waals surface area contributed by atoms with Crippen molar-refractivity contribution in [3.05, 3.63) is 0 Å². The van der Waals surface area contributed by atoms with Crippen molar-refractivity contribution in [2.24, 2.45) is 5.92 Å². The molecule has 1 rings (SSSR count). The van der Waals surface area contributed by atoms with Crippen molar-refractivity contribution in [1.29, 1.82) is 0 Å². The van der Waals surface area contributed by atoms with Gasteiger partial charge in [-0.3, -0.25) is 0 Å². The topological polar surface area (TPSA) is 50.8 Å². The van der Waals surface area contributed by atoms with Crippen LogP contribution in [0.25, 0.3) is 0 Å². The van der Waals surface area contributed by atoms with Crippen LogP contribution in [0.4, 0.5) is 4.79 Å². The molecular weight excluding hydrogens is 220 g/mol. The molecular formula is C12H24N2O3. The lowest BCUT2D eigenvalue weighted by molar-refractivity contribution is -0.0497. The van der Waals surface area contributed by atoms with Crippen LogP contribution in [0.3, 0.4) is 0 Å². The Labute approximate surface area is 103 Å². The Morgan fingerprint density at radius 2 is 2.00 bits per heavy atom. The monoisotopic (exact) mass is 244 g/mol. The molecule has 0 unspecified atom stereocenters. The Morgan fingerprint density at radius 3 is 2.47 bits per heavy atom. The van der Waals surface area contributed by atoms with E-state index in [2.05, 4.69) is 19.3 Å². The van der Waals surface area contributed by atoms with Crippen LogP contribution in [0.2, 0.25) is 0 Å². The summed E-state index contributed by atoms with van der Waals surface area (Å²) in [6.07, 6.45) is -0.251. The summed E-state index contributed by atoms with van der Waals surface area (Å²) in [6, 6.07) is 0.223. The lowest BCUT2D eigenvalue weighted by Gasteiger charge is -2.39. The van der Waals surface area contributed by atoms with E-state index in [4.69, 9.17) is 9.57 Å². The molecule has 5 nitrogen and oxygen atoms in total. The molecule has 1 aliphatic heterocycles. The molecule has 0 aromatic heterocycles. The summed E-state index contributed by atoms with van der Waals surface area (Å²) < 4.78 is 5.25. The van der Waals surface area contributed by atoms with Crippen molar-refractivity contribution in [3.63, 3.8) is 0 Å². The molecule has 1 amide bonds. The second-order valence-electron chi connectivity index (χ2n) is 5.90. The second-order valence-corrected chi connectivity index (χ2v) is 5.90. The Bertz CT molecular complexity index is 255. The Morgan fingerprint density at radius 1 is 1.41 bits per heavy atom. The summed E-state index contributed by atoms with van der Waals surface area (Å²) in [5.41, 5.74) is 2.52. The zero-order valence-electron chi connectivity index (χ0n) is 11.4. The fraction of sp³-hybridized carbons (Fsp3) is 0.917. The van der Waals surface area contributed by atoms with Gasteiger partial charge < -0.3 is 14.5 Å². The number of amides is 1. The summed E-state index contributed by atoms with van der Waals surface area (Å²) >= 11 is 0. The van der Waals surface area contributed by atoms with Gasteiger partial charge in [0.2, 0.25) is 0 Å². The van der Waals surface area contributed by atoms with E-state index in [1.807, 2.05) is 20.8 Å². The van der Waals surface area contributed by atoms with E-state index in [1.165, 1.54) is 0 Å². The van der Waals surface area contributed by atoms with Crippen LogP contribution in [0.1, 0.15) is 34.6 Å². The number of rotatable bonds is 4. The molecule has 0 atom stereocenters. The van der Waals surface area contributed by atoms with Gasteiger partial charge in [0.15, 0.2) is 0 Å². The van der Waals surface area contributed by atoms with Gasteiger partial charge in [-0.1, -0.05) is 13.8 Å². The number of nitrogens with zero attached hydrogens (tertiary/aromatic N) is 1. The van der Waals surface area contributed by atoms with Crippen LogP contribution in [0, 0.1) is 5.92 Å². The number of ether oxygens (including phenoxy) is 1. The predicted molar refractivity (Wildman–Crippen MR) is 65.5 cm³/mol. The molecule has 0 aromatic rings. The molecule has 1 aliphatic rings. The lowest BCUT2D eigenvalue weighted by atomic mass is 10.1. The largest absolute Gasteiger partial charge is 0.444 e. The average molecular weight is 244 g/mol. The number of carbonyl (C=O) groups is 1. The zero-order valence-corrected chi connectivity index (χ0v) is 11.4. The maximum absolute atomic E-state index is 11.6. The van der Waals surface area contributed by atoms with Gasteiger partial charge in [0.25, 0.3) is 0 Å². The highest BCUT2D eigenvalue weighted by atomic mass is 16.6. The molecule has 0 spiro atoms. The highest BCUT2D eigenvalue weighted by Gasteiger charge is 2.33. The van der Waals surface area contributed by atoms with Crippen LogP contribution < -0.4 is 5.48 Å². The number of carbonyl (C=O) groups excluding carboxylic acids is 1. The third-order valence-electron chi connectivity index (χ3n) is 2.20. The molecule has 5 heteroatoms. The summed E-state index contributed by atoms with van der Waals surface area (Å²) in [6.45, 7) is 11.8. The molecule has 0 aromatic carbocycles. The van der Waals surface area contributed by atoms with Crippen LogP contribution in [0.5, 0.6) is 0 Å². The minimum Gasteiger partial charge on any atom is -0.444 e. The maximum Gasteiger partial charge on any atom is 0.410 e. The molecule has 1 fully saturated rings. The minimum absolute atomic E-state index is 0.223. The normalized spacial score (nSPS) is 17.2. The van der Waals surface area contributed by atoms with Crippen molar-refractivity contribution >= 4 is 6.09 Å². The number of likely N-dealkylation sites (tertiary alicyclic amines) is 1. The molecule has 1 saturated heterocycles. The molecule has 0 radical (unpaired) electrons. The summed E-state index contributed by atoms with van der Waals surface area (Å²) in [7, 11) is 0. The van der Waals surface area contributed by atoms with E-state index in [0.29, 0.717) is 25.6 Å². The number of hydrogen-bond acceptors (Lipinski definition) is 4. The van der Waals surface area contributed by atoms with Gasteiger partial charge in [-0.15, -0.1) is 0 Å². The van der Waals surface area contributed by atoms with Gasteiger partial charge in [-0.2, -0.15) is 5.48 Å². The van der Waals surface area contributed by atoms with E-state index >= 15 is 0 Å². The van der Waals surface area contributed by atoms with Crippen molar-refractivity contribution in [2.75, 3.05) is 19.7 Å². The van der Waals surface area contributed by atoms with Crippen LogP contribution >= 0.6 is 0 Å². The molecule has 100 valence electrons. The van der Waals surface area contributed by atoms with E-state index in [9.17, 15) is 4.79 Å². The standard InChI is InChI=1S/C12H24N2O3/c1-9(2)8-16-13-10-6-14(7-10)11(15)17-12(3,4)5/h9-10,13H,6-8H2,1-5H3. The smallest absolute Gasteiger partial charge is 0.410 e. The first-order valence-corrected chi connectivity index (χ1v) is 6.13. The molecule has 17 heavy (non-hydrogen) atoms. The minimum atomic E-state index is -0.427. The van der Waals surface area contributed by atoms with Crippen molar-refractivity contribution in [3.8, 4) is 0 Å². The van der Waals surface area contributed by atoms with Crippen molar-refractivity contribution < 1.29 is 14.4 Å². The van der Waals surface area contributed by atoms with Gasteiger partial charge in [0.1, 0.15) is 5.60 Å². The predicted octanol–water partition coefficient (Wildman–Crippen LogP) is 1.78. The van der Waals surface area contributed by atoms with Gasteiger partial charge in [0.05, 0.1) is 12.6 Å². The van der Waals surface area contributed by atoms with Crippen molar-refractivity contribution in [2.45, 2.75) is 46.3 Å². The van der Waals surface area contributed by atoms with E-state index in [0.717, 1.165) is 0 Å². The van der Waals surface area contributed by atoms with Gasteiger partial charge in [-0.05, 0) is 26.7 Å². The number of hydrogen-bond donors (Lipinski definition) is 1. The molecule has 1 heterocycles. The van der Waals surface area contributed by atoms with Gasteiger partial charge in [-0.25, -0.2) is 4.79 Å². The van der Waals surface area contributed by atoms with Crippen molar-refractivity contribution in [1.82, 2.24) is 10.4 Å². The fourth-order valence-corrected chi connectivity index (χ4v) is 1.36. The quantitative estimate of drug-likeness (QED) is 0.766. The average Bonchev–Trinajstić information content (AvgIpc) is 2.04. The van der Waals surface area contributed by atoms with Crippen LogP contribution in [0.15, 0.2) is 0 Å². The number of hydroxylamine groups is 1. The molecule has 0 saturated carbocycles. The van der Waals surface area contributed by atoms with E-state index in [-0.39, 0.29) is 12.1 Å². The van der Waals surface area contributed by atoms with Gasteiger partial charge in [0, 0.05) is 13.1 Å². The highest BCUT2D eigenvalue weighted by Crippen LogP contribution is 2.15. The molecule has 0 aliphatic carbocycles. The Balaban J connectivity index is 2.12. The first-order valence-electron chi connectivity index (χ1n) is 6.13. The lowest BCUT2D eigenvalue weighted by Crippen LogP contribution is -2.60. The Kier molecular flexibility index (Phi) is 4.77. The third-order valence-corrected chi connectivity index (χ3v) is 2.20. The van der Waals surface area contributed by atoms with Gasteiger partial charge >= 0.3 is 6.09 Å². The summed E-state index contributed by atoms with van der Waals surface area (Å²) in [4.78, 5) is 18.6. The van der Waals surface area contributed by atoms with E-state index in [1.54, 1.807) is 4.90 Å². The van der Waals surface area contributed by atoms with Crippen LogP contribution in [-0.2, 0) is 9.57 Å².